The van der Waals surface area contributed by atoms with E-state index in [0.717, 1.165) is 11.1 Å². The summed E-state index contributed by atoms with van der Waals surface area (Å²) >= 11 is 0. The lowest BCUT2D eigenvalue weighted by Crippen LogP contribution is -2.34. The number of nitrogens with one attached hydrogen (secondary N) is 1. The molecule has 0 aromatic heterocycles. The molecule has 0 aliphatic heterocycles. The molecule has 0 atom stereocenters. The van der Waals surface area contributed by atoms with Crippen LogP contribution < -0.4 is 9.62 Å². The fourth-order valence-corrected chi connectivity index (χ4v) is 3.79. The van der Waals surface area contributed by atoms with Gasteiger partial charge >= 0.3 is 0 Å². The molecule has 5 nitrogen and oxygen atoms in total. The standard InChI is InChI=1S/C21H28N2O3S/c1-16-10-12-17(13-11-16)22-20(24)14-15-23(27(5,25)26)19-9-7-6-8-18(19)21(2,3)4/h6-13H,14-15H2,1-5H3,(H,22,24). The monoisotopic (exact) mass is 388 g/mol. The van der Waals surface area contributed by atoms with E-state index in [9.17, 15) is 13.2 Å². The third-order valence-corrected chi connectivity index (χ3v) is 5.44. The summed E-state index contributed by atoms with van der Waals surface area (Å²) in [5.74, 6) is -0.222. The van der Waals surface area contributed by atoms with Crippen LogP contribution in [0.3, 0.4) is 0 Å². The van der Waals surface area contributed by atoms with Crippen molar-refractivity contribution < 1.29 is 13.2 Å². The number of nitrogens with zero attached hydrogens (tertiary/aromatic N) is 1. The van der Waals surface area contributed by atoms with Gasteiger partial charge in [-0.25, -0.2) is 8.42 Å². The van der Waals surface area contributed by atoms with E-state index in [1.165, 1.54) is 10.6 Å². The number of carbonyl (C=O) groups excluding carboxylic acids is 1. The van der Waals surface area contributed by atoms with E-state index in [4.69, 9.17) is 0 Å². The number of benzene rings is 2. The van der Waals surface area contributed by atoms with E-state index in [1.54, 1.807) is 6.07 Å². The summed E-state index contributed by atoms with van der Waals surface area (Å²) in [5.41, 5.74) is 3.13. The average molecular weight is 389 g/mol. The van der Waals surface area contributed by atoms with Crippen LogP contribution in [0.1, 0.15) is 38.3 Å². The van der Waals surface area contributed by atoms with Crippen molar-refractivity contribution in [2.45, 2.75) is 39.5 Å². The minimum atomic E-state index is -3.52. The molecular weight excluding hydrogens is 360 g/mol. The van der Waals surface area contributed by atoms with Crippen molar-refractivity contribution in [2.75, 3.05) is 22.4 Å². The second kappa shape index (κ2) is 8.13. The number of amides is 1. The molecule has 0 bridgehead atoms. The Bertz CT molecular complexity index is 898. The third kappa shape index (κ3) is 5.82. The van der Waals surface area contributed by atoms with Gasteiger partial charge in [-0.05, 0) is 36.1 Å². The van der Waals surface area contributed by atoms with Crippen LogP contribution >= 0.6 is 0 Å². The highest BCUT2D eigenvalue weighted by atomic mass is 32.2. The van der Waals surface area contributed by atoms with Gasteiger partial charge < -0.3 is 5.32 Å². The zero-order valence-corrected chi connectivity index (χ0v) is 17.4. The number of aryl methyl sites for hydroxylation is 1. The van der Waals surface area contributed by atoms with Gasteiger partial charge in [-0.2, -0.15) is 0 Å². The number of para-hydroxylation sites is 1. The van der Waals surface area contributed by atoms with E-state index in [-0.39, 0.29) is 24.3 Å². The van der Waals surface area contributed by atoms with Crippen LogP contribution in [0.25, 0.3) is 0 Å². The van der Waals surface area contributed by atoms with Crippen molar-refractivity contribution >= 4 is 27.3 Å². The van der Waals surface area contributed by atoms with Gasteiger partial charge in [0.25, 0.3) is 0 Å². The Labute approximate surface area is 162 Å². The Morgan fingerprint density at radius 1 is 1.04 bits per heavy atom. The van der Waals surface area contributed by atoms with Crippen molar-refractivity contribution in [2.24, 2.45) is 0 Å². The summed E-state index contributed by atoms with van der Waals surface area (Å²) in [6.45, 7) is 8.18. The smallest absolute Gasteiger partial charge is 0.232 e. The zero-order valence-electron chi connectivity index (χ0n) is 16.6. The van der Waals surface area contributed by atoms with Crippen molar-refractivity contribution in [1.82, 2.24) is 0 Å². The van der Waals surface area contributed by atoms with Gasteiger partial charge in [-0.3, -0.25) is 9.10 Å². The second-order valence-corrected chi connectivity index (χ2v) is 9.67. The molecule has 27 heavy (non-hydrogen) atoms. The SMILES string of the molecule is Cc1ccc(NC(=O)CCN(c2ccccc2C(C)(C)C)S(C)(=O)=O)cc1. The van der Waals surface area contributed by atoms with Gasteiger partial charge in [0.1, 0.15) is 0 Å². The van der Waals surface area contributed by atoms with Crippen molar-refractivity contribution in [1.29, 1.82) is 0 Å². The van der Waals surface area contributed by atoms with Gasteiger partial charge in [-0.1, -0.05) is 56.7 Å². The first-order valence-corrected chi connectivity index (χ1v) is 10.8. The molecule has 0 saturated carbocycles. The molecule has 2 aromatic carbocycles. The van der Waals surface area contributed by atoms with Gasteiger partial charge in [0.2, 0.25) is 15.9 Å². The van der Waals surface area contributed by atoms with Crippen LogP contribution in [0, 0.1) is 6.92 Å². The summed E-state index contributed by atoms with van der Waals surface area (Å²) < 4.78 is 26.1. The Kier molecular flexibility index (Phi) is 6.31. The van der Waals surface area contributed by atoms with E-state index < -0.39 is 10.0 Å². The summed E-state index contributed by atoms with van der Waals surface area (Å²) in [6, 6.07) is 14.9. The molecule has 6 heteroatoms. The second-order valence-electron chi connectivity index (χ2n) is 7.77. The highest BCUT2D eigenvalue weighted by Gasteiger charge is 2.25. The highest BCUT2D eigenvalue weighted by molar-refractivity contribution is 7.92. The predicted octanol–water partition coefficient (Wildman–Crippen LogP) is 4.09. The maximum atomic E-state index is 12.4. The number of hydrogen-bond acceptors (Lipinski definition) is 3. The lowest BCUT2D eigenvalue weighted by atomic mass is 9.86. The summed E-state index contributed by atoms with van der Waals surface area (Å²) in [4.78, 5) is 12.3. The van der Waals surface area contributed by atoms with Crippen LogP contribution in [0.15, 0.2) is 48.5 Å². The number of hydrogen-bond donors (Lipinski definition) is 1. The lowest BCUT2D eigenvalue weighted by Gasteiger charge is -2.30. The summed E-state index contributed by atoms with van der Waals surface area (Å²) in [7, 11) is -3.52. The zero-order chi connectivity index (χ0) is 20.2. The van der Waals surface area contributed by atoms with E-state index in [0.29, 0.717) is 11.4 Å². The Hall–Kier alpha value is -2.34. The molecule has 1 amide bonds. The fourth-order valence-electron chi connectivity index (χ4n) is 2.85. The van der Waals surface area contributed by atoms with Gasteiger partial charge in [0.05, 0.1) is 11.9 Å². The van der Waals surface area contributed by atoms with E-state index in [1.807, 2.05) is 70.2 Å². The first-order chi connectivity index (χ1) is 12.5. The van der Waals surface area contributed by atoms with Crippen molar-refractivity contribution in [3.05, 3.63) is 59.7 Å². The molecule has 146 valence electrons. The topological polar surface area (TPSA) is 66.5 Å². The average Bonchev–Trinajstić information content (AvgIpc) is 2.55. The molecule has 0 radical (unpaired) electrons. The minimum Gasteiger partial charge on any atom is -0.326 e. The first kappa shape index (κ1) is 21.0. The number of carbonyl (C=O) groups is 1. The van der Waals surface area contributed by atoms with E-state index >= 15 is 0 Å². The number of rotatable bonds is 6. The molecular formula is C21H28N2O3S. The van der Waals surface area contributed by atoms with Gasteiger partial charge in [0, 0.05) is 18.7 Å². The van der Waals surface area contributed by atoms with Crippen LogP contribution in [0.5, 0.6) is 0 Å². The quantitative estimate of drug-likeness (QED) is 0.811. The fraction of sp³-hybridized carbons (Fsp3) is 0.381. The first-order valence-electron chi connectivity index (χ1n) is 8.92. The van der Waals surface area contributed by atoms with Crippen molar-refractivity contribution in [3.63, 3.8) is 0 Å². The predicted molar refractivity (Wildman–Crippen MR) is 112 cm³/mol. The molecule has 0 heterocycles. The molecule has 0 unspecified atom stereocenters. The third-order valence-electron chi connectivity index (χ3n) is 4.26. The molecule has 0 aliphatic rings. The molecule has 0 fully saturated rings. The number of sulfonamides is 1. The Morgan fingerprint density at radius 3 is 2.19 bits per heavy atom. The Balaban J connectivity index is 2.20. The summed E-state index contributed by atoms with van der Waals surface area (Å²) in [6.07, 6.45) is 1.24. The van der Waals surface area contributed by atoms with Gasteiger partial charge in [-0.15, -0.1) is 0 Å². The molecule has 2 rings (SSSR count). The summed E-state index contributed by atoms with van der Waals surface area (Å²) in [5, 5.41) is 2.81. The van der Waals surface area contributed by atoms with Crippen LogP contribution in [-0.4, -0.2) is 27.1 Å². The van der Waals surface area contributed by atoms with E-state index in [2.05, 4.69) is 5.32 Å². The van der Waals surface area contributed by atoms with Crippen LogP contribution in [0.2, 0.25) is 0 Å². The maximum Gasteiger partial charge on any atom is 0.232 e. The molecule has 1 N–H and O–H groups in total. The van der Waals surface area contributed by atoms with Crippen LogP contribution in [-0.2, 0) is 20.2 Å². The van der Waals surface area contributed by atoms with Crippen LogP contribution in [0.4, 0.5) is 11.4 Å². The Morgan fingerprint density at radius 2 is 1.63 bits per heavy atom. The molecule has 0 saturated heterocycles. The molecule has 2 aromatic rings. The maximum absolute atomic E-state index is 12.4. The largest absolute Gasteiger partial charge is 0.326 e. The highest BCUT2D eigenvalue weighted by Crippen LogP contribution is 2.33. The lowest BCUT2D eigenvalue weighted by molar-refractivity contribution is -0.116. The van der Waals surface area contributed by atoms with Crippen molar-refractivity contribution in [3.8, 4) is 0 Å². The minimum absolute atomic E-state index is 0.0689. The molecule has 0 aliphatic carbocycles. The molecule has 0 spiro atoms. The van der Waals surface area contributed by atoms with Gasteiger partial charge in [0.15, 0.2) is 0 Å². The normalized spacial score (nSPS) is 11.9. The number of anilines is 2.